The molecule has 1 atom stereocenters. The van der Waals surface area contributed by atoms with Gasteiger partial charge in [-0.2, -0.15) is 17.2 Å². The van der Waals surface area contributed by atoms with Crippen LogP contribution in [0, 0.1) is 6.07 Å². The number of aliphatic hydroxyl groups is 2. The van der Waals surface area contributed by atoms with Crippen molar-refractivity contribution in [3.63, 3.8) is 0 Å². The van der Waals surface area contributed by atoms with Crippen LogP contribution in [0.15, 0.2) is 97.0 Å². The van der Waals surface area contributed by atoms with Gasteiger partial charge in [0, 0.05) is 43.7 Å². The van der Waals surface area contributed by atoms with Crippen molar-refractivity contribution in [2.45, 2.75) is 20.0 Å². The van der Waals surface area contributed by atoms with E-state index >= 15 is 0 Å². The Morgan fingerprint density at radius 2 is 1.72 bits per heavy atom. The van der Waals surface area contributed by atoms with Crippen LogP contribution in [0.25, 0.3) is 33.2 Å². The standard InChI is InChI=1S/C21H14N3.C5H10O2.Ir/c1-2-7-16(8-3-1)24-20-10-5-4-9-18(20)19-12-11-17(15-21(19)24)23-14-6-13-22-23;1-4(6)3-5(2)7;/h1-10,12-15H;3-4,6-7H,1-2H3;/q-1;;. The molecule has 5 nitrogen and oxygen atoms in total. The first-order chi connectivity index (χ1) is 15.0. The Balaban J connectivity index is 0.000000318. The number of aromatic nitrogens is 3. The van der Waals surface area contributed by atoms with Gasteiger partial charge < -0.3 is 14.8 Å². The van der Waals surface area contributed by atoms with Crippen molar-refractivity contribution in [2.75, 3.05) is 0 Å². The van der Waals surface area contributed by atoms with E-state index in [1.807, 2.05) is 23.0 Å². The van der Waals surface area contributed by atoms with Crippen LogP contribution in [0.2, 0.25) is 0 Å². The number of aliphatic hydroxyl groups excluding tert-OH is 2. The van der Waals surface area contributed by atoms with Crippen molar-refractivity contribution < 1.29 is 30.3 Å². The molecule has 0 saturated heterocycles. The molecule has 2 heterocycles. The molecule has 0 aliphatic carbocycles. The Morgan fingerprint density at radius 3 is 2.34 bits per heavy atom. The van der Waals surface area contributed by atoms with Gasteiger partial charge in [0.1, 0.15) is 0 Å². The molecule has 0 fully saturated rings. The number of rotatable bonds is 3. The molecule has 0 spiro atoms. The average Bonchev–Trinajstić information content (AvgIpc) is 3.40. The topological polar surface area (TPSA) is 63.2 Å². The second-order valence-corrected chi connectivity index (χ2v) is 7.30. The van der Waals surface area contributed by atoms with Gasteiger partial charge in [-0.05, 0) is 55.3 Å². The summed E-state index contributed by atoms with van der Waals surface area (Å²) in [6, 6.07) is 28.4. The summed E-state index contributed by atoms with van der Waals surface area (Å²) in [7, 11) is 0. The largest absolute Gasteiger partial charge is 0.513 e. The maximum atomic E-state index is 8.49. The zero-order valence-electron chi connectivity index (χ0n) is 17.8. The Hall–Kier alpha value is -3.18. The van der Waals surface area contributed by atoms with Crippen LogP contribution in [0.1, 0.15) is 13.8 Å². The van der Waals surface area contributed by atoms with Gasteiger partial charge in [0.05, 0.1) is 11.9 Å². The Bertz CT molecular complexity index is 1320. The van der Waals surface area contributed by atoms with E-state index in [1.165, 1.54) is 29.3 Å². The molecule has 32 heavy (non-hydrogen) atoms. The first kappa shape index (κ1) is 23.5. The van der Waals surface area contributed by atoms with Gasteiger partial charge >= 0.3 is 0 Å². The van der Waals surface area contributed by atoms with Gasteiger partial charge in [0.25, 0.3) is 0 Å². The van der Waals surface area contributed by atoms with Crippen LogP contribution in [-0.4, -0.2) is 30.7 Å². The third-order valence-electron chi connectivity index (χ3n) is 4.84. The number of benzene rings is 3. The molecule has 0 amide bonds. The summed E-state index contributed by atoms with van der Waals surface area (Å²) < 4.78 is 4.14. The fourth-order valence-electron chi connectivity index (χ4n) is 3.64. The molecule has 0 aliphatic rings. The van der Waals surface area contributed by atoms with Crippen molar-refractivity contribution >= 4 is 21.8 Å². The van der Waals surface area contributed by atoms with E-state index in [0.717, 1.165) is 16.9 Å². The molecule has 1 radical (unpaired) electrons. The molecule has 5 rings (SSSR count). The molecule has 0 saturated carbocycles. The molecule has 165 valence electrons. The van der Waals surface area contributed by atoms with Crippen molar-refractivity contribution in [3.05, 3.63) is 103 Å². The summed E-state index contributed by atoms with van der Waals surface area (Å²) in [5, 5.41) is 23.7. The third kappa shape index (κ3) is 5.00. The van der Waals surface area contributed by atoms with Crippen molar-refractivity contribution in [1.82, 2.24) is 14.3 Å². The molecule has 6 heteroatoms. The minimum absolute atomic E-state index is 0. The van der Waals surface area contributed by atoms with Gasteiger partial charge in [-0.1, -0.05) is 41.9 Å². The maximum absolute atomic E-state index is 8.49. The molecule has 2 N–H and O–H groups in total. The predicted molar refractivity (Wildman–Crippen MR) is 125 cm³/mol. The summed E-state index contributed by atoms with van der Waals surface area (Å²) in [6.45, 7) is 3.10. The maximum Gasteiger partial charge on any atom is 0.0877 e. The van der Waals surface area contributed by atoms with Crippen LogP contribution in [0.5, 0.6) is 0 Å². The molecular weight excluding hydrogens is 579 g/mol. The third-order valence-corrected chi connectivity index (χ3v) is 4.84. The normalized spacial score (nSPS) is 12.2. The Morgan fingerprint density at radius 1 is 1.00 bits per heavy atom. The summed E-state index contributed by atoms with van der Waals surface area (Å²) in [5.41, 5.74) is 4.45. The molecule has 0 bridgehead atoms. The number of fused-ring (bicyclic) bond motifs is 3. The van der Waals surface area contributed by atoms with Gasteiger partial charge in [0.15, 0.2) is 0 Å². The van der Waals surface area contributed by atoms with E-state index in [4.69, 9.17) is 10.2 Å². The SMILES string of the molecule is CC(O)=CC(C)O.[Ir].[c-]1cc2c3ccccc3n(-c3ccccc3)c2cc1-n1cccn1. The van der Waals surface area contributed by atoms with E-state index < -0.39 is 6.10 Å². The van der Waals surface area contributed by atoms with Gasteiger partial charge in [-0.15, -0.1) is 11.5 Å². The number of para-hydroxylation sites is 2. The molecule has 1 unspecified atom stereocenters. The van der Waals surface area contributed by atoms with E-state index in [-0.39, 0.29) is 25.9 Å². The Kier molecular flexibility index (Phi) is 7.65. The monoisotopic (exact) mass is 603 g/mol. The molecule has 3 aromatic carbocycles. The summed E-state index contributed by atoms with van der Waals surface area (Å²) in [4.78, 5) is 0. The van der Waals surface area contributed by atoms with E-state index in [0.29, 0.717) is 0 Å². The summed E-state index contributed by atoms with van der Waals surface area (Å²) in [5.74, 6) is 0.162. The van der Waals surface area contributed by atoms with Crippen LogP contribution < -0.4 is 0 Å². The quantitative estimate of drug-likeness (QED) is 0.209. The number of hydrogen-bond acceptors (Lipinski definition) is 3. The second-order valence-electron chi connectivity index (χ2n) is 7.30. The fourth-order valence-corrected chi connectivity index (χ4v) is 3.64. The molecule has 5 aromatic rings. The number of allylic oxidation sites excluding steroid dienone is 1. The molecular formula is C26H24IrN3O2-. The zero-order valence-corrected chi connectivity index (χ0v) is 20.2. The molecule has 0 aliphatic heterocycles. The van der Waals surface area contributed by atoms with E-state index in [2.05, 4.69) is 76.4 Å². The van der Waals surface area contributed by atoms with Crippen molar-refractivity contribution in [1.29, 1.82) is 0 Å². The van der Waals surface area contributed by atoms with Gasteiger partial charge in [-0.25, -0.2) is 0 Å². The molecule has 2 aromatic heterocycles. The zero-order chi connectivity index (χ0) is 21.8. The first-order valence-corrected chi connectivity index (χ1v) is 10.1. The first-order valence-electron chi connectivity index (χ1n) is 10.1. The van der Waals surface area contributed by atoms with Crippen LogP contribution in [0.3, 0.4) is 0 Å². The average molecular weight is 603 g/mol. The van der Waals surface area contributed by atoms with E-state index in [9.17, 15) is 0 Å². The van der Waals surface area contributed by atoms with E-state index in [1.54, 1.807) is 13.1 Å². The van der Waals surface area contributed by atoms with Crippen molar-refractivity contribution in [2.24, 2.45) is 0 Å². The predicted octanol–water partition coefficient (Wildman–Crippen LogP) is 5.60. The van der Waals surface area contributed by atoms with Gasteiger partial charge in [-0.3, -0.25) is 4.68 Å². The smallest absolute Gasteiger partial charge is 0.0877 e. The van der Waals surface area contributed by atoms with Crippen molar-refractivity contribution in [3.8, 4) is 11.4 Å². The van der Waals surface area contributed by atoms with Crippen LogP contribution in [0.4, 0.5) is 0 Å². The summed E-state index contributed by atoms with van der Waals surface area (Å²) in [6.07, 6.45) is 4.54. The Labute approximate surface area is 200 Å². The second kappa shape index (κ2) is 10.4. The van der Waals surface area contributed by atoms with Crippen LogP contribution in [-0.2, 0) is 20.1 Å². The minimum Gasteiger partial charge on any atom is -0.513 e. The minimum atomic E-state index is -0.537. The number of hydrogen-bond donors (Lipinski definition) is 2. The summed E-state index contributed by atoms with van der Waals surface area (Å²) >= 11 is 0. The van der Waals surface area contributed by atoms with Crippen LogP contribution >= 0.6 is 0 Å². The number of nitrogens with zero attached hydrogens (tertiary/aromatic N) is 3. The fraction of sp³-hybridized carbons (Fsp3) is 0.115. The van der Waals surface area contributed by atoms with Gasteiger partial charge in [0.2, 0.25) is 0 Å².